The molecule has 0 heterocycles. The Morgan fingerprint density at radius 1 is 1.24 bits per heavy atom. The largest absolute Gasteiger partial charge is 0.316 e. The smallest absolute Gasteiger partial charge is 0.226 e. The maximum absolute atomic E-state index is 11.8. The van der Waals surface area contributed by atoms with E-state index in [2.05, 4.69) is 32.9 Å². The Morgan fingerprint density at radius 3 is 2.29 bits per heavy atom. The zero-order valence-corrected chi connectivity index (χ0v) is 11.4. The van der Waals surface area contributed by atoms with Crippen molar-refractivity contribution in [2.45, 2.75) is 46.0 Å². The van der Waals surface area contributed by atoms with E-state index in [0.29, 0.717) is 12.3 Å². The van der Waals surface area contributed by atoms with Crippen molar-refractivity contribution in [2.75, 3.05) is 11.9 Å². The van der Waals surface area contributed by atoms with Gasteiger partial charge in [-0.05, 0) is 30.0 Å². The average Bonchev–Trinajstić information content (AvgIpc) is 2.35. The van der Waals surface area contributed by atoms with Crippen molar-refractivity contribution in [3.8, 4) is 0 Å². The molecule has 94 valence electrons. The van der Waals surface area contributed by atoms with Crippen LogP contribution in [-0.2, 0) is 4.79 Å². The molecule has 2 nitrogen and oxygen atoms in total. The molecule has 0 atom stereocenters. The molecule has 0 radical (unpaired) electrons. The molecule has 0 aliphatic rings. The second-order valence-corrected chi connectivity index (χ2v) is 4.80. The van der Waals surface area contributed by atoms with Crippen LogP contribution in [0.2, 0.25) is 0 Å². The number of carbonyl (C=O) groups excluding carboxylic acids is 1. The first-order valence-corrected chi connectivity index (χ1v) is 6.42. The molecule has 0 saturated carbocycles. The second kappa shape index (κ2) is 6.43. The fourth-order valence-electron chi connectivity index (χ4n) is 1.72. The highest BCUT2D eigenvalue weighted by Crippen LogP contribution is 2.20. The number of hydrogen-bond acceptors (Lipinski definition) is 1. The molecule has 1 aromatic rings. The molecule has 1 amide bonds. The van der Waals surface area contributed by atoms with Crippen LogP contribution in [0.3, 0.4) is 0 Å². The Labute approximate surface area is 105 Å². The van der Waals surface area contributed by atoms with Gasteiger partial charge in [0.15, 0.2) is 0 Å². The Morgan fingerprint density at radius 2 is 1.82 bits per heavy atom. The second-order valence-electron chi connectivity index (χ2n) is 4.80. The van der Waals surface area contributed by atoms with E-state index in [1.54, 1.807) is 4.90 Å². The monoisotopic (exact) mass is 233 g/mol. The summed E-state index contributed by atoms with van der Waals surface area (Å²) in [5, 5.41) is 0. The molecule has 0 spiro atoms. The van der Waals surface area contributed by atoms with Gasteiger partial charge in [-0.25, -0.2) is 0 Å². The van der Waals surface area contributed by atoms with Crippen molar-refractivity contribution in [3.05, 3.63) is 29.8 Å². The third-order valence-electron chi connectivity index (χ3n) is 3.07. The molecule has 0 aromatic heterocycles. The standard InChI is InChI=1S/C15H23NO/c1-5-6-7-15(17)16(4)14-10-8-13(9-11-14)12(2)3/h8-12H,5-7H2,1-4H3. The Hall–Kier alpha value is -1.31. The Kier molecular flexibility index (Phi) is 5.20. The van der Waals surface area contributed by atoms with Gasteiger partial charge in [-0.2, -0.15) is 0 Å². The summed E-state index contributed by atoms with van der Waals surface area (Å²) in [6, 6.07) is 8.26. The first-order valence-electron chi connectivity index (χ1n) is 6.42. The van der Waals surface area contributed by atoms with Crippen LogP contribution in [0.4, 0.5) is 5.69 Å². The first-order chi connectivity index (χ1) is 8.06. The van der Waals surface area contributed by atoms with E-state index < -0.39 is 0 Å². The van der Waals surface area contributed by atoms with Gasteiger partial charge in [-0.3, -0.25) is 4.79 Å². The van der Waals surface area contributed by atoms with Crippen molar-refractivity contribution in [1.29, 1.82) is 0 Å². The van der Waals surface area contributed by atoms with Gasteiger partial charge in [0.2, 0.25) is 5.91 Å². The molecule has 2 heteroatoms. The Balaban J connectivity index is 2.69. The van der Waals surface area contributed by atoms with Crippen molar-refractivity contribution >= 4 is 11.6 Å². The molecule has 1 aromatic carbocycles. The molecule has 0 aliphatic carbocycles. The van der Waals surface area contributed by atoms with Gasteiger partial charge >= 0.3 is 0 Å². The van der Waals surface area contributed by atoms with Gasteiger partial charge in [-0.1, -0.05) is 39.3 Å². The molecule has 0 bridgehead atoms. The van der Waals surface area contributed by atoms with Gasteiger partial charge in [-0.15, -0.1) is 0 Å². The van der Waals surface area contributed by atoms with E-state index in [1.807, 2.05) is 19.2 Å². The summed E-state index contributed by atoms with van der Waals surface area (Å²) in [7, 11) is 1.85. The zero-order valence-electron chi connectivity index (χ0n) is 11.4. The van der Waals surface area contributed by atoms with E-state index in [0.717, 1.165) is 18.5 Å². The van der Waals surface area contributed by atoms with Crippen LogP contribution in [0.25, 0.3) is 0 Å². The number of hydrogen-bond donors (Lipinski definition) is 0. The molecule has 0 fully saturated rings. The fraction of sp³-hybridized carbons (Fsp3) is 0.533. The van der Waals surface area contributed by atoms with Crippen molar-refractivity contribution in [3.63, 3.8) is 0 Å². The van der Waals surface area contributed by atoms with Gasteiger partial charge in [0.1, 0.15) is 0 Å². The SMILES string of the molecule is CCCCC(=O)N(C)c1ccc(C(C)C)cc1. The van der Waals surface area contributed by atoms with Crippen LogP contribution in [0, 0.1) is 0 Å². The minimum atomic E-state index is 0.198. The predicted molar refractivity (Wildman–Crippen MR) is 73.5 cm³/mol. The summed E-state index contributed by atoms with van der Waals surface area (Å²) in [4.78, 5) is 13.6. The molecular weight excluding hydrogens is 210 g/mol. The highest BCUT2D eigenvalue weighted by molar-refractivity contribution is 5.92. The summed E-state index contributed by atoms with van der Waals surface area (Å²) in [6.07, 6.45) is 2.66. The van der Waals surface area contributed by atoms with Crippen LogP contribution < -0.4 is 4.90 Å². The lowest BCUT2D eigenvalue weighted by Gasteiger charge is -2.18. The minimum absolute atomic E-state index is 0.198. The topological polar surface area (TPSA) is 20.3 Å². The number of rotatable bonds is 5. The lowest BCUT2D eigenvalue weighted by molar-refractivity contribution is -0.118. The first kappa shape index (κ1) is 13.8. The molecule has 17 heavy (non-hydrogen) atoms. The van der Waals surface area contributed by atoms with Gasteiger partial charge in [0, 0.05) is 19.2 Å². The van der Waals surface area contributed by atoms with E-state index in [-0.39, 0.29) is 5.91 Å². The summed E-state index contributed by atoms with van der Waals surface area (Å²) in [5.74, 6) is 0.731. The number of unbranched alkanes of at least 4 members (excludes halogenated alkanes) is 1. The molecule has 0 N–H and O–H groups in total. The van der Waals surface area contributed by atoms with E-state index >= 15 is 0 Å². The summed E-state index contributed by atoms with van der Waals surface area (Å²) >= 11 is 0. The molecule has 0 aliphatic heterocycles. The van der Waals surface area contributed by atoms with Crippen molar-refractivity contribution < 1.29 is 4.79 Å². The van der Waals surface area contributed by atoms with Crippen LogP contribution in [0.1, 0.15) is 51.5 Å². The van der Waals surface area contributed by atoms with E-state index in [4.69, 9.17) is 0 Å². The fourth-order valence-corrected chi connectivity index (χ4v) is 1.72. The molecule has 1 rings (SSSR count). The molecule has 0 unspecified atom stereocenters. The number of amides is 1. The van der Waals surface area contributed by atoms with Gasteiger partial charge in [0.05, 0.1) is 0 Å². The maximum atomic E-state index is 11.8. The van der Waals surface area contributed by atoms with E-state index in [9.17, 15) is 4.79 Å². The van der Waals surface area contributed by atoms with Crippen molar-refractivity contribution in [2.24, 2.45) is 0 Å². The van der Waals surface area contributed by atoms with Gasteiger partial charge < -0.3 is 4.90 Å². The quantitative estimate of drug-likeness (QED) is 0.753. The molecule has 0 saturated heterocycles. The summed E-state index contributed by atoms with van der Waals surface area (Å²) < 4.78 is 0. The third-order valence-corrected chi connectivity index (χ3v) is 3.07. The summed E-state index contributed by atoms with van der Waals surface area (Å²) in [6.45, 7) is 6.45. The number of nitrogens with zero attached hydrogens (tertiary/aromatic N) is 1. The predicted octanol–water partition coefficient (Wildman–Crippen LogP) is 3.96. The highest BCUT2D eigenvalue weighted by atomic mass is 16.2. The van der Waals surface area contributed by atoms with Crippen molar-refractivity contribution in [1.82, 2.24) is 0 Å². The molecular formula is C15H23NO. The lowest BCUT2D eigenvalue weighted by Crippen LogP contribution is -2.25. The van der Waals surface area contributed by atoms with Crippen LogP contribution in [0.15, 0.2) is 24.3 Å². The third kappa shape index (κ3) is 3.88. The van der Waals surface area contributed by atoms with Crippen LogP contribution in [0.5, 0.6) is 0 Å². The number of anilines is 1. The highest BCUT2D eigenvalue weighted by Gasteiger charge is 2.10. The normalized spacial score (nSPS) is 10.6. The average molecular weight is 233 g/mol. The zero-order chi connectivity index (χ0) is 12.8. The number of benzene rings is 1. The maximum Gasteiger partial charge on any atom is 0.226 e. The van der Waals surface area contributed by atoms with Gasteiger partial charge in [0.25, 0.3) is 0 Å². The van der Waals surface area contributed by atoms with Crippen LogP contribution >= 0.6 is 0 Å². The lowest BCUT2D eigenvalue weighted by atomic mass is 10.0. The Bertz CT molecular complexity index is 354. The minimum Gasteiger partial charge on any atom is -0.316 e. The number of carbonyl (C=O) groups is 1. The summed E-state index contributed by atoms with van der Waals surface area (Å²) in [5.41, 5.74) is 2.29. The van der Waals surface area contributed by atoms with Crippen LogP contribution in [-0.4, -0.2) is 13.0 Å². The van der Waals surface area contributed by atoms with E-state index in [1.165, 1.54) is 5.56 Å².